The zero-order chi connectivity index (χ0) is 22.5. The van der Waals surface area contributed by atoms with Crippen molar-refractivity contribution < 1.29 is 4.79 Å². The maximum Gasteiger partial charge on any atom is 0.230 e. The predicted molar refractivity (Wildman–Crippen MR) is 131 cm³/mol. The van der Waals surface area contributed by atoms with E-state index >= 15 is 0 Å². The lowest BCUT2D eigenvalue weighted by molar-refractivity contribution is -0.119. The monoisotopic (exact) mass is 469 g/mol. The van der Waals surface area contributed by atoms with Gasteiger partial charge in [-0.2, -0.15) is 0 Å². The van der Waals surface area contributed by atoms with E-state index in [-0.39, 0.29) is 11.9 Å². The molecule has 32 heavy (non-hydrogen) atoms. The smallest absolute Gasteiger partial charge is 0.230 e. The molecule has 1 saturated heterocycles. The highest BCUT2D eigenvalue weighted by Gasteiger charge is 2.21. The van der Waals surface area contributed by atoms with E-state index in [2.05, 4.69) is 40.3 Å². The van der Waals surface area contributed by atoms with Gasteiger partial charge in [-0.05, 0) is 62.2 Å². The number of piperidine rings is 1. The van der Waals surface area contributed by atoms with Gasteiger partial charge in [-0.25, -0.2) is 0 Å². The third-order valence-corrected chi connectivity index (χ3v) is 7.01. The fourth-order valence-electron chi connectivity index (χ4n) is 3.97. The van der Waals surface area contributed by atoms with Crippen LogP contribution in [0, 0.1) is 6.92 Å². The lowest BCUT2D eigenvalue weighted by Crippen LogP contribution is -2.45. The van der Waals surface area contributed by atoms with E-state index in [0.29, 0.717) is 15.9 Å². The number of likely N-dealkylation sites (tertiary alicyclic amines) is 1. The molecular formula is C24H28ClN5OS. The van der Waals surface area contributed by atoms with Crippen molar-refractivity contribution in [2.24, 2.45) is 0 Å². The Morgan fingerprint density at radius 3 is 2.53 bits per heavy atom. The molecule has 0 spiro atoms. The van der Waals surface area contributed by atoms with Gasteiger partial charge in [0.15, 0.2) is 11.0 Å². The van der Waals surface area contributed by atoms with Gasteiger partial charge >= 0.3 is 0 Å². The molecule has 8 heteroatoms. The van der Waals surface area contributed by atoms with Crippen LogP contribution in [-0.2, 0) is 4.79 Å². The van der Waals surface area contributed by atoms with Gasteiger partial charge in [0.1, 0.15) is 0 Å². The minimum Gasteiger partial charge on any atom is -0.353 e. The number of nitrogens with one attached hydrogen (secondary N) is 1. The minimum absolute atomic E-state index is 0.0392. The Hall–Kier alpha value is -2.35. The second-order valence-electron chi connectivity index (χ2n) is 8.00. The molecule has 0 atom stereocenters. The topological polar surface area (TPSA) is 63.1 Å². The lowest BCUT2D eigenvalue weighted by atomic mass is 10.1. The first kappa shape index (κ1) is 22.8. The van der Waals surface area contributed by atoms with E-state index in [1.807, 2.05) is 47.0 Å². The lowest BCUT2D eigenvalue weighted by Gasteiger charge is -2.31. The van der Waals surface area contributed by atoms with Gasteiger partial charge in [0.2, 0.25) is 5.91 Å². The summed E-state index contributed by atoms with van der Waals surface area (Å²) in [7, 11) is 0. The highest BCUT2D eigenvalue weighted by atomic mass is 35.5. The van der Waals surface area contributed by atoms with Gasteiger partial charge in [0.25, 0.3) is 0 Å². The largest absolute Gasteiger partial charge is 0.353 e. The van der Waals surface area contributed by atoms with Crippen LogP contribution in [0.3, 0.4) is 0 Å². The van der Waals surface area contributed by atoms with Crippen LogP contribution in [0.1, 0.15) is 25.3 Å². The number of benzene rings is 2. The number of hydrogen-bond donors (Lipinski definition) is 1. The number of aryl methyl sites for hydroxylation is 1. The molecular weight excluding hydrogens is 442 g/mol. The summed E-state index contributed by atoms with van der Waals surface area (Å²) in [5, 5.41) is 13.4. The van der Waals surface area contributed by atoms with Crippen molar-refractivity contribution in [1.29, 1.82) is 0 Å². The van der Waals surface area contributed by atoms with Crippen molar-refractivity contribution in [3.63, 3.8) is 0 Å². The van der Waals surface area contributed by atoms with Gasteiger partial charge in [-0.1, -0.05) is 48.5 Å². The molecule has 2 aromatic carbocycles. The highest BCUT2D eigenvalue weighted by Crippen LogP contribution is 2.30. The Morgan fingerprint density at radius 1 is 1.12 bits per heavy atom. The predicted octanol–water partition coefficient (Wildman–Crippen LogP) is 4.59. The van der Waals surface area contributed by atoms with E-state index in [0.717, 1.165) is 55.1 Å². The summed E-state index contributed by atoms with van der Waals surface area (Å²) in [6.07, 6.45) is 2.01. The van der Waals surface area contributed by atoms with Crippen LogP contribution in [0.4, 0.5) is 0 Å². The molecule has 4 rings (SSSR count). The molecule has 2 heterocycles. The highest BCUT2D eigenvalue weighted by molar-refractivity contribution is 7.99. The van der Waals surface area contributed by atoms with Crippen molar-refractivity contribution in [3.05, 3.63) is 59.1 Å². The van der Waals surface area contributed by atoms with Crippen LogP contribution < -0.4 is 5.32 Å². The molecule has 6 nitrogen and oxygen atoms in total. The molecule has 1 N–H and O–H groups in total. The average molecular weight is 470 g/mol. The van der Waals surface area contributed by atoms with Gasteiger partial charge < -0.3 is 10.2 Å². The molecule has 1 aromatic heterocycles. The summed E-state index contributed by atoms with van der Waals surface area (Å²) >= 11 is 7.48. The molecule has 168 valence electrons. The standard InChI is InChI=1S/C24H28ClN5OS/c1-3-29-14-12-20(13-15-29)26-22(31)16-32-24-28-27-23(18-8-10-19(25)11-9-18)30(24)21-7-5-4-6-17(21)2/h4-11,20H,3,12-16H2,1-2H3,(H,26,31). The van der Waals surface area contributed by atoms with Crippen molar-refractivity contribution in [2.75, 3.05) is 25.4 Å². The van der Waals surface area contributed by atoms with Crippen LogP contribution in [-0.4, -0.2) is 57.0 Å². The normalized spacial score (nSPS) is 15.1. The molecule has 1 aliphatic rings. The van der Waals surface area contributed by atoms with E-state index in [1.165, 1.54) is 11.8 Å². The number of thioether (sulfide) groups is 1. The van der Waals surface area contributed by atoms with Crippen LogP contribution in [0.5, 0.6) is 0 Å². The fraction of sp³-hybridized carbons (Fsp3) is 0.375. The summed E-state index contributed by atoms with van der Waals surface area (Å²) in [6, 6.07) is 15.9. The van der Waals surface area contributed by atoms with Crippen molar-refractivity contribution in [3.8, 4) is 17.1 Å². The number of nitrogens with zero attached hydrogens (tertiary/aromatic N) is 4. The van der Waals surface area contributed by atoms with Crippen LogP contribution >= 0.6 is 23.4 Å². The fourth-order valence-corrected chi connectivity index (χ4v) is 4.86. The number of carbonyl (C=O) groups is 1. The summed E-state index contributed by atoms with van der Waals surface area (Å²) in [6.45, 7) is 7.39. The maximum atomic E-state index is 12.6. The molecule has 1 amide bonds. The Morgan fingerprint density at radius 2 is 1.84 bits per heavy atom. The first-order chi connectivity index (χ1) is 15.5. The van der Waals surface area contributed by atoms with E-state index in [1.54, 1.807) is 0 Å². The second kappa shape index (κ2) is 10.5. The summed E-state index contributed by atoms with van der Waals surface area (Å²) in [4.78, 5) is 15.1. The summed E-state index contributed by atoms with van der Waals surface area (Å²) in [5.74, 6) is 1.07. The van der Waals surface area contributed by atoms with Gasteiger partial charge in [0, 0.05) is 29.7 Å². The van der Waals surface area contributed by atoms with Crippen LogP contribution in [0.25, 0.3) is 17.1 Å². The van der Waals surface area contributed by atoms with Crippen molar-refractivity contribution in [2.45, 2.75) is 37.9 Å². The SMILES string of the molecule is CCN1CCC(NC(=O)CSc2nnc(-c3ccc(Cl)cc3)n2-c2ccccc2C)CC1. The third kappa shape index (κ3) is 5.34. The maximum absolute atomic E-state index is 12.6. The van der Waals surface area contributed by atoms with E-state index in [4.69, 9.17) is 11.6 Å². The molecule has 0 unspecified atom stereocenters. The second-order valence-corrected chi connectivity index (χ2v) is 9.38. The Bertz CT molecular complexity index is 1060. The molecule has 0 aliphatic carbocycles. The van der Waals surface area contributed by atoms with Crippen LogP contribution in [0.15, 0.2) is 53.7 Å². The number of hydrogen-bond acceptors (Lipinski definition) is 5. The number of amides is 1. The van der Waals surface area contributed by atoms with Gasteiger partial charge in [-0.15, -0.1) is 10.2 Å². The van der Waals surface area contributed by atoms with Gasteiger partial charge in [0.05, 0.1) is 11.4 Å². The Balaban J connectivity index is 1.52. The van der Waals surface area contributed by atoms with Crippen LogP contribution in [0.2, 0.25) is 5.02 Å². The first-order valence-electron chi connectivity index (χ1n) is 11.0. The number of para-hydroxylation sites is 1. The zero-order valence-corrected chi connectivity index (χ0v) is 20.0. The van der Waals surface area contributed by atoms with E-state index in [9.17, 15) is 4.79 Å². The molecule has 0 saturated carbocycles. The summed E-state index contributed by atoms with van der Waals surface area (Å²) < 4.78 is 2.02. The first-order valence-corrected chi connectivity index (χ1v) is 12.3. The Kier molecular flexibility index (Phi) is 7.50. The quantitative estimate of drug-likeness (QED) is 0.513. The zero-order valence-electron chi connectivity index (χ0n) is 18.4. The molecule has 0 radical (unpaired) electrons. The third-order valence-electron chi connectivity index (χ3n) is 5.82. The average Bonchev–Trinajstić information content (AvgIpc) is 3.23. The number of halogens is 1. The molecule has 3 aromatic rings. The number of rotatable bonds is 7. The molecule has 0 bridgehead atoms. The minimum atomic E-state index is 0.0392. The van der Waals surface area contributed by atoms with Crippen molar-refractivity contribution >= 4 is 29.3 Å². The van der Waals surface area contributed by atoms with Gasteiger partial charge in [-0.3, -0.25) is 9.36 Å². The number of aromatic nitrogens is 3. The molecule has 1 aliphatic heterocycles. The Labute approximate surface area is 198 Å². The van der Waals surface area contributed by atoms with E-state index < -0.39 is 0 Å². The molecule has 1 fully saturated rings. The summed E-state index contributed by atoms with van der Waals surface area (Å²) in [5.41, 5.74) is 3.03. The number of carbonyl (C=O) groups excluding carboxylic acids is 1. The van der Waals surface area contributed by atoms with Crippen molar-refractivity contribution in [1.82, 2.24) is 25.0 Å².